The summed E-state index contributed by atoms with van der Waals surface area (Å²) in [6, 6.07) is 4.84. The van der Waals surface area contributed by atoms with Gasteiger partial charge in [-0.15, -0.1) is 0 Å². The molecule has 0 saturated heterocycles. The van der Waals surface area contributed by atoms with Gasteiger partial charge in [-0.25, -0.2) is 0 Å². The zero-order valence-corrected chi connectivity index (χ0v) is 16.3. The van der Waals surface area contributed by atoms with E-state index in [1.54, 1.807) is 18.2 Å². The molecule has 0 N–H and O–H groups in total. The fourth-order valence-corrected chi connectivity index (χ4v) is 3.39. The molecule has 0 aliphatic heterocycles. The van der Waals surface area contributed by atoms with Crippen LogP contribution in [-0.4, -0.2) is 23.3 Å². The third kappa shape index (κ3) is 4.80. The number of halogens is 1. The molecule has 25 heavy (non-hydrogen) atoms. The fourth-order valence-electron chi connectivity index (χ4n) is 2.18. The lowest BCUT2D eigenvalue weighted by atomic mass is 10.1. The van der Waals surface area contributed by atoms with Gasteiger partial charge in [0, 0.05) is 28.7 Å². The maximum absolute atomic E-state index is 12.7. The number of benzene rings is 1. The van der Waals surface area contributed by atoms with Gasteiger partial charge in [0.15, 0.2) is 0 Å². The first-order chi connectivity index (χ1) is 11.8. The number of rotatable bonds is 5. The van der Waals surface area contributed by atoms with E-state index < -0.39 is 5.91 Å². The molecule has 1 aromatic heterocycles. The van der Waals surface area contributed by atoms with Crippen molar-refractivity contribution in [1.29, 1.82) is 0 Å². The molecule has 1 aromatic carbocycles. The molecule has 2 aromatic rings. The normalized spacial score (nSPS) is 12.3. The summed E-state index contributed by atoms with van der Waals surface area (Å²) in [5.74, 6) is 0.00228. The predicted octanol–water partition coefficient (Wildman–Crippen LogP) is 3.84. The van der Waals surface area contributed by atoms with Crippen molar-refractivity contribution >= 4 is 35.3 Å². The van der Waals surface area contributed by atoms with Crippen LogP contribution in [0.5, 0.6) is 5.75 Å². The molecule has 0 bridgehead atoms. The molecule has 0 saturated carbocycles. The predicted molar refractivity (Wildman–Crippen MR) is 99.6 cm³/mol. The van der Waals surface area contributed by atoms with Crippen LogP contribution in [0.4, 0.5) is 0 Å². The van der Waals surface area contributed by atoms with E-state index >= 15 is 0 Å². The summed E-state index contributed by atoms with van der Waals surface area (Å²) < 4.78 is 7.86. The second-order valence-corrected chi connectivity index (χ2v) is 7.91. The molecule has 7 heteroatoms. The molecule has 5 nitrogen and oxygen atoms in total. The van der Waals surface area contributed by atoms with Crippen molar-refractivity contribution in [1.82, 2.24) is 3.96 Å². The first-order valence-electron chi connectivity index (χ1n) is 7.85. The van der Waals surface area contributed by atoms with E-state index in [0.717, 1.165) is 11.8 Å². The molecule has 1 heterocycles. The van der Waals surface area contributed by atoms with Gasteiger partial charge in [0.2, 0.25) is 0 Å². The van der Waals surface area contributed by atoms with Crippen LogP contribution >= 0.6 is 23.1 Å². The summed E-state index contributed by atoms with van der Waals surface area (Å²) in [6.07, 6.45) is 3.75. The Bertz CT molecular complexity index is 847. The van der Waals surface area contributed by atoms with E-state index in [1.807, 2.05) is 10.2 Å². The second kappa shape index (κ2) is 7.97. The highest BCUT2D eigenvalue weighted by Gasteiger charge is 2.17. The van der Waals surface area contributed by atoms with Gasteiger partial charge in [0.05, 0.1) is 12.7 Å². The van der Waals surface area contributed by atoms with Crippen molar-refractivity contribution in [3.05, 3.63) is 45.2 Å². The van der Waals surface area contributed by atoms with E-state index in [2.05, 4.69) is 25.8 Å². The Labute approximate surface area is 156 Å². The number of ether oxygens (including phenoxy) is 1. The molecule has 134 valence electrons. The monoisotopic (exact) mass is 380 g/mol. The van der Waals surface area contributed by atoms with Crippen LogP contribution in [0.25, 0.3) is 0 Å². The summed E-state index contributed by atoms with van der Waals surface area (Å²) in [5, 5.41) is 0.441. The van der Waals surface area contributed by atoms with E-state index in [4.69, 9.17) is 16.3 Å². The molecule has 0 spiro atoms. The van der Waals surface area contributed by atoms with Gasteiger partial charge in [-0.3, -0.25) is 8.75 Å². The van der Waals surface area contributed by atoms with Gasteiger partial charge in [0.25, 0.3) is 5.91 Å². The second-order valence-electron chi connectivity index (χ2n) is 6.51. The summed E-state index contributed by atoms with van der Waals surface area (Å²) in [4.78, 5) is 27.6. The lowest BCUT2D eigenvalue weighted by Gasteiger charge is -2.19. The number of hydrogen-bond donors (Lipinski definition) is 0. The minimum Gasteiger partial charge on any atom is -0.496 e. The van der Waals surface area contributed by atoms with Crippen LogP contribution in [0.15, 0.2) is 29.4 Å². The SMILES string of the molecule is COc1ccc(Cl)cc1C(=O)/N=c1\sn(C(C)(C)C)cc1CCC=O. The number of carbonyl (C=O) groups is 2. The Morgan fingerprint density at radius 3 is 2.72 bits per heavy atom. The summed E-state index contributed by atoms with van der Waals surface area (Å²) in [6.45, 7) is 6.20. The van der Waals surface area contributed by atoms with Crippen molar-refractivity contribution in [3.8, 4) is 5.75 Å². The van der Waals surface area contributed by atoms with E-state index in [0.29, 0.717) is 33.8 Å². The third-order valence-electron chi connectivity index (χ3n) is 3.52. The fraction of sp³-hybridized carbons (Fsp3) is 0.389. The molecule has 0 aliphatic rings. The Balaban J connectivity index is 2.52. The third-order valence-corrected chi connectivity index (χ3v) is 5.13. The quantitative estimate of drug-likeness (QED) is 0.740. The van der Waals surface area contributed by atoms with Gasteiger partial charge < -0.3 is 9.53 Å². The lowest BCUT2D eigenvalue weighted by molar-refractivity contribution is -0.107. The summed E-state index contributed by atoms with van der Waals surface area (Å²) >= 11 is 7.39. The molecule has 2 rings (SSSR count). The zero-order chi connectivity index (χ0) is 18.6. The highest BCUT2D eigenvalue weighted by atomic mass is 35.5. The number of amides is 1. The number of aromatic nitrogens is 1. The maximum atomic E-state index is 12.7. The van der Waals surface area contributed by atoms with Crippen LogP contribution in [0, 0.1) is 0 Å². The number of hydrogen-bond acceptors (Lipinski definition) is 4. The summed E-state index contributed by atoms with van der Waals surface area (Å²) in [5.41, 5.74) is 1.05. The molecule has 0 unspecified atom stereocenters. The van der Waals surface area contributed by atoms with Crippen molar-refractivity contribution in [2.75, 3.05) is 7.11 Å². The van der Waals surface area contributed by atoms with E-state index in [9.17, 15) is 9.59 Å². The van der Waals surface area contributed by atoms with Crippen LogP contribution in [0.2, 0.25) is 5.02 Å². The average molecular weight is 381 g/mol. The van der Waals surface area contributed by atoms with Crippen LogP contribution in [-0.2, 0) is 16.8 Å². The highest BCUT2D eigenvalue weighted by Crippen LogP contribution is 2.23. The van der Waals surface area contributed by atoms with Gasteiger partial charge in [-0.1, -0.05) is 11.6 Å². The zero-order valence-electron chi connectivity index (χ0n) is 14.7. The average Bonchev–Trinajstić information content (AvgIpc) is 2.95. The standard InChI is InChI=1S/C18H21ClN2O3S/c1-18(2,3)21-11-12(6-5-9-22)17(25-21)20-16(23)14-10-13(19)7-8-15(14)24-4/h7-11H,5-6H2,1-4H3/b20-17-. The Kier molecular flexibility index (Phi) is 6.19. The molecule has 0 fully saturated rings. The minimum absolute atomic E-state index is 0.134. The number of methoxy groups -OCH3 is 1. The molecule has 1 amide bonds. The lowest BCUT2D eigenvalue weighted by Crippen LogP contribution is -2.18. The Morgan fingerprint density at radius 1 is 1.40 bits per heavy atom. The maximum Gasteiger partial charge on any atom is 0.282 e. The van der Waals surface area contributed by atoms with E-state index in [-0.39, 0.29) is 5.54 Å². The Morgan fingerprint density at radius 2 is 2.12 bits per heavy atom. The van der Waals surface area contributed by atoms with Crippen molar-refractivity contribution in [3.63, 3.8) is 0 Å². The Hall–Kier alpha value is -1.92. The molecule has 0 radical (unpaired) electrons. The van der Waals surface area contributed by atoms with Crippen molar-refractivity contribution in [2.45, 2.75) is 39.2 Å². The molecular weight excluding hydrogens is 360 g/mol. The van der Waals surface area contributed by atoms with Gasteiger partial charge in [-0.05, 0) is 56.9 Å². The smallest absolute Gasteiger partial charge is 0.282 e. The number of carbonyl (C=O) groups excluding carboxylic acids is 2. The van der Waals surface area contributed by atoms with Gasteiger partial charge >= 0.3 is 0 Å². The molecular formula is C18H21ClN2O3S. The number of aryl methyl sites for hydroxylation is 1. The van der Waals surface area contributed by atoms with E-state index in [1.165, 1.54) is 18.6 Å². The van der Waals surface area contributed by atoms with Crippen LogP contribution in [0.1, 0.15) is 43.1 Å². The van der Waals surface area contributed by atoms with Gasteiger partial charge in [0.1, 0.15) is 16.7 Å². The highest BCUT2D eigenvalue weighted by molar-refractivity contribution is 7.04. The minimum atomic E-state index is -0.422. The first-order valence-corrected chi connectivity index (χ1v) is 9.00. The van der Waals surface area contributed by atoms with Crippen molar-refractivity contribution < 1.29 is 14.3 Å². The number of nitrogens with zero attached hydrogens (tertiary/aromatic N) is 2. The molecule has 0 aliphatic carbocycles. The van der Waals surface area contributed by atoms with Crippen molar-refractivity contribution in [2.24, 2.45) is 4.99 Å². The molecule has 0 atom stereocenters. The van der Waals surface area contributed by atoms with Gasteiger partial charge in [-0.2, -0.15) is 4.99 Å². The van der Waals surface area contributed by atoms with Crippen LogP contribution in [0.3, 0.4) is 0 Å². The topological polar surface area (TPSA) is 60.7 Å². The van der Waals surface area contributed by atoms with Crippen LogP contribution < -0.4 is 9.41 Å². The summed E-state index contributed by atoms with van der Waals surface area (Å²) in [7, 11) is 1.49. The number of aldehydes is 1. The first kappa shape index (κ1) is 19.4. The largest absolute Gasteiger partial charge is 0.496 e.